The van der Waals surface area contributed by atoms with Crippen molar-refractivity contribution in [3.63, 3.8) is 0 Å². The van der Waals surface area contributed by atoms with Crippen molar-refractivity contribution in [3.8, 4) is 0 Å². The molecular formula is C17H20N2. The maximum absolute atomic E-state index is 4.41. The Labute approximate surface area is 115 Å². The van der Waals surface area contributed by atoms with Gasteiger partial charge in [0.2, 0.25) is 0 Å². The van der Waals surface area contributed by atoms with Gasteiger partial charge in [0.05, 0.1) is 11.4 Å². The second-order valence-electron chi connectivity index (χ2n) is 3.59. The van der Waals surface area contributed by atoms with Crippen LogP contribution in [0.5, 0.6) is 0 Å². The fraction of sp³-hybridized carbons (Fsp3) is 0.176. The van der Waals surface area contributed by atoms with Crippen LogP contribution >= 0.6 is 0 Å². The molecule has 1 aromatic heterocycles. The zero-order chi connectivity index (χ0) is 14.1. The first-order valence-corrected chi connectivity index (χ1v) is 6.51. The van der Waals surface area contributed by atoms with Crippen LogP contribution in [0.1, 0.15) is 26.5 Å². The Morgan fingerprint density at radius 2 is 1.89 bits per heavy atom. The zero-order valence-electron chi connectivity index (χ0n) is 11.8. The summed E-state index contributed by atoms with van der Waals surface area (Å²) in [6.45, 7) is 9.58. The summed E-state index contributed by atoms with van der Waals surface area (Å²) in [6, 6.07) is 10.2. The maximum Gasteiger partial charge on any atom is 0.0892 e. The summed E-state index contributed by atoms with van der Waals surface area (Å²) >= 11 is 0. The van der Waals surface area contributed by atoms with E-state index < -0.39 is 0 Å². The van der Waals surface area contributed by atoms with Gasteiger partial charge >= 0.3 is 0 Å². The lowest BCUT2D eigenvalue weighted by atomic mass is 10.1. The number of hydrogen-bond acceptors (Lipinski definition) is 2. The van der Waals surface area contributed by atoms with Crippen LogP contribution in [0.3, 0.4) is 0 Å². The predicted octanol–water partition coefficient (Wildman–Crippen LogP) is 4.88. The molecule has 0 fully saturated rings. The zero-order valence-corrected chi connectivity index (χ0v) is 11.8. The quantitative estimate of drug-likeness (QED) is 0.564. The Hall–Kier alpha value is -2.22. The lowest BCUT2D eigenvalue weighted by molar-refractivity contribution is 1.28. The van der Waals surface area contributed by atoms with Gasteiger partial charge < -0.3 is 0 Å². The van der Waals surface area contributed by atoms with Crippen molar-refractivity contribution in [2.75, 3.05) is 0 Å². The fourth-order valence-corrected chi connectivity index (χ4v) is 1.67. The van der Waals surface area contributed by atoms with E-state index in [1.54, 1.807) is 12.3 Å². The Morgan fingerprint density at radius 1 is 1.21 bits per heavy atom. The third kappa shape index (κ3) is 3.88. The Kier molecular flexibility index (Phi) is 6.23. The van der Waals surface area contributed by atoms with Gasteiger partial charge in [0, 0.05) is 17.8 Å². The van der Waals surface area contributed by atoms with Gasteiger partial charge in [0.15, 0.2) is 0 Å². The van der Waals surface area contributed by atoms with Gasteiger partial charge in [0.25, 0.3) is 0 Å². The second kappa shape index (κ2) is 7.98. The number of rotatable bonds is 3. The van der Waals surface area contributed by atoms with E-state index in [1.165, 1.54) is 5.39 Å². The van der Waals surface area contributed by atoms with Gasteiger partial charge in [-0.3, -0.25) is 9.98 Å². The predicted molar refractivity (Wildman–Crippen MR) is 85.4 cm³/mol. The molecular weight excluding hydrogens is 232 g/mol. The summed E-state index contributed by atoms with van der Waals surface area (Å²) in [5, 5.41) is 2.30. The number of allylic oxidation sites excluding steroid dienone is 2. The molecule has 0 radical (unpaired) electrons. The Morgan fingerprint density at radius 3 is 2.53 bits per heavy atom. The molecule has 0 bridgehead atoms. The summed E-state index contributed by atoms with van der Waals surface area (Å²) in [7, 11) is 0. The van der Waals surface area contributed by atoms with Gasteiger partial charge in [-0.05, 0) is 24.5 Å². The lowest BCUT2D eigenvalue weighted by Crippen LogP contribution is -1.87. The maximum atomic E-state index is 4.41. The number of benzene rings is 1. The number of pyridine rings is 1. The summed E-state index contributed by atoms with van der Waals surface area (Å²) in [5.74, 6) is 0. The first-order valence-electron chi connectivity index (χ1n) is 6.51. The van der Waals surface area contributed by atoms with E-state index in [2.05, 4.69) is 22.6 Å². The molecule has 2 rings (SSSR count). The smallest absolute Gasteiger partial charge is 0.0892 e. The number of aliphatic imine (C=N–C) groups is 1. The molecule has 98 valence electrons. The average molecular weight is 252 g/mol. The lowest BCUT2D eigenvalue weighted by Gasteiger charge is -2.02. The molecule has 2 heteroatoms. The number of fused-ring (bicyclic) bond motifs is 1. The van der Waals surface area contributed by atoms with Crippen molar-refractivity contribution in [3.05, 3.63) is 61.0 Å². The highest BCUT2D eigenvalue weighted by Crippen LogP contribution is 2.19. The Balaban J connectivity index is 0.000000861. The van der Waals surface area contributed by atoms with Crippen LogP contribution in [-0.2, 0) is 0 Å². The van der Waals surface area contributed by atoms with E-state index in [0.29, 0.717) is 0 Å². The van der Waals surface area contributed by atoms with E-state index in [1.807, 2.05) is 57.3 Å². The van der Waals surface area contributed by atoms with E-state index >= 15 is 0 Å². The first kappa shape index (κ1) is 14.8. The van der Waals surface area contributed by atoms with Crippen molar-refractivity contribution in [1.82, 2.24) is 4.98 Å². The van der Waals surface area contributed by atoms with Crippen LogP contribution in [-0.4, -0.2) is 11.2 Å². The van der Waals surface area contributed by atoms with Gasteiger partial charge in [-0.25, -0.2) is 0 Å². The molecule has 0 amide bonds. The molecule has 0 aliphatic heterocycles. The largest absolute Gasteiger partial charge is 0.259 e. The summed E-state index contributed by atoms with van der Waals surface area (Å²) in [4.78, 5) is 8.71. The van der Waals surface area contributed by atoms with Crippen LogP contribution in [0, 0.1) is 0 Å². The highest BCUT2D eigenvalue weighted by atomic mass is 14.8. The van der Waals surface area contributed by atoms with E-state index in [9.17, 15) is 0 Å². The van der Waals surface area contributed by atoms with Crippen molar-refractivity contribution in [2.45, 2.75) is 20.8 Å². The van der Waals surface area contributed by atoms with Crippen LogP contribution in [0.4, 0.5) is 0 Å². The van der Waals surface area contributed by atoms with Crippen molar-refractivity contribution in [1.29, 1.82) is 0 Å². The average Bonchev–Trinajstić information content (AvgIpc) is 2.48. The van der Waals surface area contributed by atoms with Crippen molar-refractivity contribution >= 4 is 22.7 Å². The highest BCUT2D eigenvalue weighted by molar-refractivity contribution is 5.85. The van der Waals surface area contributed by atoms with Gasteiger partial charge in [-0.1, -0.05) is 50.8 Å². The van der Waals surface area contributed by atoms with Crippen LogP contribution in [0.2, 0.25) is 0 Å². The molecule has 0 atom stereocenters. The van der Waals surface area contributed by atoms with Crippen LogP contribution < -0.4 is 0 Å². The van der Waals surface area contributed by atoms with E-state index in [0.717, 1.165) is 16.8 Å². The van der Waals surface area contributed by atoms with E-state index in [4.69, 9.17) is 0 Å². The second-order valence-corrected chi connectivity index (χ2v) is 3.59. The Bertz CT molecular complexity index is 595. The van der Waals surface area contributed by atoms with Crippen molar-refractivity contribution in [2.24, 2.45) is 4.99 Å². The molecule has 0 aliphatic carbocycles. The highest BCUT2D eigenvalue weighted by Gasteiger charge is 2.01. The number of nitrogens with zero attached hydrogens (tertiary/aromatic N) is 2. The van der Waals surface area contributed by atoms with Gasteiger partial charge in [-0.2, -0.15) is 0 Å². The molecule has 0 unspecified atom stereocenters. The SMILES string of the molecule is C=C/C=C(\N=CC)c1cc2ccccc2cn1.CC. The molecule has 0 N–H and O–H groups in total. The molecule has 0 saturated carbocycles. The van der Waals surface area contributed by atoms with Gasteiger partial charge in [0.1, 0.15) is 0 Å². The molecule has 2 nitrogen and oxygen atoms in total. The monoisotopic (exact) mass is 252 g/mol. The topological polar surface area (TPSA) is 25.2 Å². The number of hydrogen-bond donors (Lipinski definition) is 0. The van der Waals surface area contributed by atoms with Crippen LogP contribution in [0.25, 0.3) is 16.5 Å². The standard InChI is InChI=1S/C15H14N2.C2H6/c1-3-7-14(16-4-2)15-10-12-8-5-6-9-13(12)11-17-15;1-2/h3-11H,1H2,2H3;1-2H3/b14-7-,16-4?;. The first-order chi connectivity index (χ1) is 9.35. The molecule has 19 heavy (non-hydrogen) atoms. The van der Waals surface area contributed by atoms with Crippen LogP contribution in [0.15, 0.2) is 60.3 Å². The minimum atomic E-state index is 0.827. The fourth-order valence-electron chi connectivity index (χ4n) is 1.67. The minimum Gasteiger partial charge on any atom is -0.259 e. The molecule has 0 spiro atoms. The summed E-state index contributed by atoms with van der Waals surface area (Å²) in [5.41, 5.74) is 1.69. The summed E-state index contributed by atoms with van der Waals surface area (Å²) in [6.07, 6.45) is 7.20. The minimum absolute atomic E-state index is 0.827. The molecule has 0 saturated heterocycles. The number of aromatic nitrogens is 1. The van der Waals surface area contributed by atoms with E-state index in [-0.39, 0.29) is 0 Å². The molecule has 1 heterocycles. The third-order valence-corrected chi connectivity index (χ3v) is 2.44. The molecule has 1 aromatic carbocycles. The molecule has 0 aliphatic rings. The third-order valence-electron chi connectivity index (χ3n) is 2.44. The van der Waals surface area contributed by atoms with Gasteiger partial charge in [-0.15, -0.1) is 0 Å². The summed E-state index contributed by atoms with van der Waals surface area (Å²) < 4.78 is 0. The normalized spacial score (nSPS) is 11.2. The molecule has 2 aromatic rings. The van der Waals surface area contributed by atoms with Crippen molar-refractivity contribution < 1.29 is 0 Å².